The van der Waals surface area contributed by atoms with Crippen LogP contribution in [0.2, 0.25) is 15.1 Å². The maximum atomic E-state index is 11.5. The summed E-state index contributed by atoms with van der Waals surface area (Å²) >= 11 is 19.7. The first-order valence-electron chi connectivity index (χ1n) is 10.6. The average Bonchev–Trinajstić information content (AvgIpc) is 2.86. The van der Waals surface area contributed by atoms with Crippen molar-refractivity contribution >= 4 is 66.1 Å². The monoisotopic (exact) mass is 557 g/mol. The van der Waals surface area contributed by atoms with E-state index >= 15 is 0 Å². The van der Waals surface area contributed by atoms with Gasteiger partial charge in [0.15, 0.2) is 0 Å². The summed E-state index contributed by atoms with van der Waals surface area (Å²) in [6.45, 7) is 13.8. The van der Waals surface area contributed by atoms with E-state index in [-0.39, 0.29) is 11.8 Å². The normalized spacial score (nSPS) is 10.8. The van der Waals surface area contributed by atoms with E-state index in [1.165, 1.54) is 10.5 Å². The van der Waals surface area contributed by atoms with E-state index in [9.17, 15) is 4.79 Å². The summed E-state index contributed by atoms with van der Waals surface area (Å²) in [5.41, 5.74) is 2.97. The number of hydrogen-bond acceptors (Lipinski definition) is 4. The quantitative estimate of drug-likeness (QED) is 0.204. The highest BCUT2D eigenvalue weighted by Crippen LogP contribution is 2.27. The Hall–Kier alpha value is -2.05. The van der Waals surface area contributed by atoms with Gasteiger partial charge >= 0.3 is 0 Å². The first-order valence-corrected chi connectivity index (χ1v) is 12.8. The largest absolute Gasteiger partial charge is 0.355 e. The molecule has 0 fully saturated rings. The van der Waals surface area contributed by atoms with Gasteiger partial charge < -0.3 is 14.9 Å². The summed E-state index contributed by atoms with van der Waals surface area (Å²) in [6, 6.07) is 11.6. The van der Waals surface area contributed by atoms with E-state index in [1.807, 2.05) is 61.8 Å². The minimum absolute atomic E-state index is 0.0670. The van der Waals surface area contributed by atoms with E-state index in [1.54, 1.807) is 20.0 Å². The molecular formula is C27H34Cl3NO3S. The van der Waals surface area contributed by atoms with Crippen LogP contribution < -0.4 is 5.32 Å². The maximum Gasteiger partial charge on any atom is 0.246 e. The van der Waals surface area contributed by atoms with Gasteiger partial charge in [-0.05, 0) is 79.8 Å². The van der Waals surface area contributed by atoms with E-state index in [0.717, 1.165) is 29.2 Å². The van der Waals surface area contributed by atoms with Gasteiger partial charge in [0.2, 0.25) is 5.91 Å². The topological polar surface area (TPSA) is 63.2 Å². The molecule has 1 unspecified atom stereocenters. The molecule has 1 atom stereocenters. The zero-order valence-corrected chi connectivity index (χ0v) is 23.8. The van der Waals surface area contributed by atoms with Crippen molar-refractivity contribution in [2.75, 3.05) is 12.8 Å². The third kappa shape index (κ3) is 14.8. The molecule has 0 heterocycles. The number of thioether (sulfide) groups is 1. The third-order valence-corrected chi connectivity index (χ3v) is 6.45. The summed E-state index contributed by atoms with van der Waals surface area (Å²) in [6.07, 6.45) is 5.46. The Kier molecular flexibility index (Phi) is 21.3. The van der Waals surface area contributed by atoms with Crippen LogP contribution in [0.5, 0.6) is 0 Å². The van der Waals surface area contributed by atoms with E-state index in [0.29, 0.717) is 15.6 Å². The molecule has 1 amide bonds. The Morgan fingerprint density at radius 3 is 2.14 bits per heavy atom. The van der Waals surface area contributed by atoms with Crippen LogP contribution in [0.4, 0.5) is 0 Å². The number of allylic oxidation sites excluding steroid dienone is 2. The third-order valence-electron chi connectivity index (χ3n) is 4.56. The predicted octanol–water partition coefficient (Wildman–Crippen LogP) is 7.81. The number of amides is 1. The molecule has 0 saturated heterocycles. The van der Waals surface area contributed by atoms with Crippen molar-refractivity contribution in [3.8, 4) is 0 Å². The van der Waals surface area contributed by atoms with E-state index in [2.05, 4.69) is 31.8 Å². The second-order valence-corrected chi connectivity index (χ2v) is 9.53. The van der Waals surface area contributed by atoms with Crippen LogP contribution in [-0.4, -0.2) is 32.3 Å². The highest BCUT2D eigenvalue weighted by molar-refractivity contribution is 7.99. The molecule has 2 rings (SSSR count). The van der Waals surface area contributed by atoms with E-state index in [4.69, 9.17) is 44.4 Å². The van der Waals surface area contributed by atoms with Gasteiger partial charge in [0.1, 0.15) is 13.6 Å². The van der Waals surface area contributed by atoms with Crippen LogP contribution in [0, 0.1) is 12.8 Å². The SMILES string of the molecule is C=CC(/C=C(\C)C(=O)NC)CCc1cc(Cl)cc(Cl)c1.C=O.C=O.CCSc1cccc(Cl)c1C. The summed E-state index contributed by atoms with van der Waals surface area (Å²) in [5.74, 6) is 1.17. The summed E-state index contributed by atoms with van der Waals surface area (Å²) in [4.78, 5) is 28.8. The van der Waals surface area contributed by atoms with Crippen molar-refractivity contribution in [2.24, 2.45) is 5.92 Å². The van der Waals surface area contributed by atoms with Crippen LogP contribution in [0.3, 0.4) is 0 Å². The number of aryl methyl sites for hydroxylation is 1. The van der Waals surface area contributed by atoms with Gasteiger partial charge in [-0.3, -0.25) is 4.79 Å². The molecule has 0 radical (unpaired) electrons. The fourth-order valence-electron chi connectivity index (χ4n) is 2.85. The molecule has 0 aliphatic heterocycles. The first kappa shape index (κ1) is 35.1. The highest BCUT2D eigenvalue weighted by Gasteiger charge is 2.07. The van der Waals surface area contributed by atoms with Crippen LogP contribution in [-0.2, 0) is 20.8 Å². The second kappa shape index (κ2) is 21.3. The molecule has 192 valence electrons. The van der Waals surface area contributed by atoms with Gasteiger partial charge in [-0.25, -0.2) is 0 Å². The maximum absolute atomic E-state index is 11.5. The predicted molar refractivity (Wildman–Crippen MR) is 153 cm³/mol. The van der Waals surface area contributed by atoms with Crippen molar-refractivity contribution in [1.82, 2.24) is 5.32 Å². The van der Waals surface area contributed by atoms with Crippen LogP contribution in [0.15, 0.2) is 65.6 Å². The molecule has 2 aromatic carbocycles. The molecule has 0 saturated carbocycles. The Labute approximate surface area is 229 Å². The van der Waals surface area contributed by atoms with E-state index < -0.39 is 0 Å². The molecule has 4 nitrogen and oxygen atoms in total. The number of hydrogen-bond donors (Lipinski definition) is 1. The van der Waals surface area contributed by atoms with Crippen molar-refractivity contribution in [3.05, 3.63) is 86.9 Å². The van der Waals surface area contributed by atoms with Crippen LogP contribution in [0.1, 0.15) is 31.4 Å². The molecular weight excluding hydrogens is 525 g/mol. The molecule has 0 aliphatic rings. The van der Waals surface area contributed by atoms with Gasteiger partial charge in [-0.2, -0.15) is 0 Å². The molecule has 0 bridgehead atoms. The minimum Gasteiger partial charge on any atom is -0.355 e. The van der Waals surface area contributed by atoms with Gasteiger partial charge in [0.25, 0.3) is 0 Å². The number of likely N-dealkylation sites (N-methyl/N-ethyl adjacent to an activating group) is 1. The lowest BCUT2D eigenvalue weighted by Crippen LogP contribution is -2.19. The fraction of sp³-hybridized carbons (Fsp3) is 0.296. The van der Waals surface area contributed by atoms with Gasteiger partial charge in [0.05, 0.1) is 0 Å². The molecule has 35 heavy (non-hydrogen) atoms. The standard InChI is InChI=1S/C16H19Cl2NO.C9H11ClS.2CH2O/c1-4-12(7-11(2)16(20)19-3)5-6-13-8-14(17)10-15(18)9-13;1-3-11-9-6-4-5-8(10)7(9)2;2*1-2/h4,7-10,12H,1,5-6H2,2-3H3,(H,19,20);4-6H,3H2,1-2H3;2*1H2/b11-7+;;;. The molecule has 2 aromatic rings. The number of carbonyl (C=O) groups is 3. The molecule has 0 spiro atoms. The van der Waals surface area contributed by atoms with Crippen LogP contribution in [0.25, 0.3) is 0 Å². The van der Waals surface area contributed by atoms with Crippen molar-refractivity contribution in [1.29, 1.82) is 0 Å². The zero-order chi connectivity index (χ0) is 27.4. The zero-order valence-electron chi connectivity index (χ0n) is 20.7. The fourth-order valence-corrected chi connectivity index (χ4v) is 4.47. The second-order valence-electron chi connectivity index (χ2n) is 6.94. The Morgan fingerprint density at radius 2 is 1.66 bits per heavy atom. The van der Waals surface area contributed by atoms with Crippen molar-refractivity contribution < 1.29 is 14.4 Å². The molecule has 8 heteroatoms. The average molecular weight is 559 g/mol. The first-order chi connectivity index (χ1) is 16.7. The number of rotatable bonds is 8. The molecule has 0 aromatic heterocycles. The smallest absolute Gasteiger partial charge is 0.246 e. The Morgan fingerprint density at radius 1 is 1.09 bits per heavy atom. The van der Waals surface area contributed by atoms with Crippen molar-refractivity contribution in [2.45, 2.75) is 38.5 Å². The Bertz CT molecular complexity index is 929. The van der Waals surface area contributed by atoms with Gasteiger partial charge in [-0.15, -0.1) is 18.3 Å². The molecule has 1 N–H and O–H groups in total. The highest BCUT2D eigenvalue weighted by atomic mass is 35.5. The number of benzene rings is 2. The number of halogens is 3. The number of carbonyl (C=O) groups excluding carboxylic acids is 3. The number of nitrogens with one attached hydrogen (secondary N) is 1. The molecule has 0 aliphatic carbocycles. The minimum atomic E-state index is -0.0670. The lowest BCUT2D eigenvalue weighted by atomic mass is 9.97. The summed E-state index contributed by atoms with van der Waals surface area (Å²) in [7, 11) is 1.62. The summed E-state index contributed by atoms with van der Waals surface area (Å²) < 4.78 is 0. The summed E-state index contributed by atoms with van der Waals surface area (Å²) in [5, 5.41) is 4.75. The van der Waals surface area contributed by atoms with Crippen molar-refractivity contribution in [3.63, 3.8) is 0 Å². The van der Waals surface area contributed by atoms with Gasteiger partial charge in [-0.1, -0.05) is 59.9 Å². The lowest BCUT2D eigenvalue weighted by Gasteiger charge is -2.10. The van der Waals surface area contributed by atoms with Gasteiger partial charge in [0, 0.05) is 32.6 Å². The Balaban J connectivity index is 0. The van der Waals surface area contributed by atoms with Crippen LogP contribution >= 0.6 is 46.6 Å². The lowest BCUT2D eigenvalue weighted by molar-refractivity contribution is -0.117.